The monoisotopic (exact) mass is 429 g/mol. The van der Waals surface area contributed by atoms with E-state index in [9.17, 15) is 24.6 Å². The van der Waals surface area contributed by atoms with Crippen LogP contribution in [-0.4, -0.2) is 74.2 Å². The second-order valence-corrected chi connectivity index (χ2v) is 8.67. The number of fused-ring (bicyclic) bond motifs is 1. The molecule has 27 heavy (non-hydrogen) atoms. The van der Waals surface area contributed by atoms with Crippen LogP contribution in [0.15, 0.2) is 12.7 Å². The molecule has 1 aliphatic rings. The molecule has 0 bridgehead atoms. The molecule has 2 unspecified atom stereocenters. The molecule has 1 fully saturated rings. The van der Waals surface area contributed by atoms with Gasteiger partial charge in [0.25, 0.3) is 0 Å². The van der Waals surface area contributed by atoms with E-state index in [2.05, 4.69) is 23.8 Å². The van der Waals surface area contributed by atoms with E-state index in [-0.39, 0.29) is 17.0 Å². The summed E-state index contributed by atoms with van der Waals surface area (Å²) in [5.74, 6) is 0.0950. The number of aliphatic hydroxyl groups excluding tert-OH is 2. The Balaban J connectivity index is 1.74. The number of anilines is 1. The van der Waals surface area contributed by atoms with Crippen molar-refractivity contribution in [1.29, 1.82) is 0 Å². The summed E-state index contributed by atoms with van der Waals surface area (Å²) in [7, 11) is -10.4. The number of nitrogens with two attached hydrogens (primary N) is 1. The zero-order chi connectivity index (χ0) is 20.0. The van der Waals surface area contributed by atoms with Gasteiger partial charge in [-0.15, -0.1) is 0 Å². The van der Waals surface area contributed by atoms with Crippen molar-refractivity contribution in [2.24, 2.45) is 0 Å². The van der Waals surface area contributed by atoms with Crippen LogP contribution < -0.4 is 5.73 Å². The molecule has 3 rings (SSSR count). The van der Waals surface area contributed by atoms with Gasteiger partial charge in [-0.05, 0) is 0 Å². The molecule has 1 saturated heterocycles. The number of aromatic nitrogens is 4. The molecule has 3 heterocycles. The zero-order valence-corrected chi connectivity index (χ0v) is 15.2. The van der Waals surface area contributed by atoms with E-state index in [1.165, 1.54) is 17.2 Å². The zero-order valence-electron chi connectivity index (χ0n) is 13.3. The van der Waals surface area contributed by atoms with Crippen LogP contribution in [0.4, 0.5) is 5.82 Å². The first-order chi connectivity index (χ1) is 12.5. The Bertz CT molecular complexity index is 873. The van der Waals surface area contributed by atoms with E-state index in [1.54, 1.807) is 0 Å². The maximum absolute atomic E-state index is 10.7. The van der Waals surface area contributed by atoms with Gasteiger partial charge < -0.3 is 0 Å². The third-order valence-electron chi connectivity index (χ3n) is 3.67. The van der Waals surface area contributed by atoms with Crippen molar-refractivity contribution in [2.45, 2.75) is 24.5 Å². The van der Waals surface area contributed by atoms with Crippen LogP contribution in [0.3, 0.4) is 0 Å². The summed E-state index contributed by atoms with van der Waals surface area (Å²) in [4.78, 5) is 47.7. The van der Waals surface area contributed by atoms with Gasteiger partial charge in [0.1, 0.15) is 0 Å². The molecule has 0 aliphatic carbocycles. The van der Waals surface area contributed by atoms with Gasteiger partial charge in [-0.1, -0.05) is 0 Å². The summed E-state index contributed by atoms with van der Waals surface area (Å²) in [5.41, 5.74) is 6.14. The molecule has 17 heteroatoms. The van der Waals surface area contributed by atoms with Gasteiger partial charge in [-0.2, -0.15) is 0 Å². The third-order valence-corrected chi connectivity index (χ3v) is 6.12. The first kappa shape index (κ1) is 20.4. The van der Waals surface area contributed by atoms with Crippen LogP contribution in [-0.2, 0) is 18.1 Å². The summed E-state index contributed by atoms with van der Waals surface area (Å²) in [6.45, 7) is -0.738. The van der Waals surface area contributed by atoms with Crippen LogP contribution in [0, 0.1) is 0 Å². The molecule has 152 valence electrons. The third kappa shape index (κ3) is 4.39. The number of imidazole rings is 1. The van der Waals surface area contributed by atoms with Crippen LogP contribution in [0.2, 0.25) is 0 Å². The average molecular weight is 429 g/mol. The minimum absolute atomic E-state index is 0.0950. The molecule has 15 nitrogen and oxygen atoms in total. The summed E-state index contributed by atoms with van der Waals surface area (Å²) in [5, 5.41) is 20.3. The fraction of sp³-hybridized carbons (Fsp3) is 0.500. The second-order valence-electron chi connectivity index (χ2n) is 5.57. The van der Waals surface area contributed by atoms with Crippen molar-refractivity contribution in [3.8, 4) is 0 Å². The molecule has 8 N–H and O–H groups in total. The van der Waals surface area contributed by atoms with Crippen molar-refractivity contribution in [3.05, 3.63) is 12.7 Å². The standard InChI is InChI=1S/C10H17N5O10P2/c11-8-5-9(13-2-12-8)15(3-14-5)10-7(17)6(16)4(24-10)1-23-27(21,22)25-26(18,19)20/h2-4,6-7,10,16-17,21-22,27H,1H2,(H2,11,12,13)(H2,18,19,20)/t4-,6?,7?,10-/m1/s1. The Labute approximate surface area is 150 Å². The number of phosphoric acid groups is 1. The van der Waals surface area contributed by atoms with E-state index in [4.69, 9.17) is 20.3 Å². The summed E-state index contributed by atoms with van der Waals surface area (Å²) in [6.07, 6.45) is -3.05. The molecule has 0 saturated carbocycles. The van der Waals surface area contributed by atoms with Gasteiger partial charge in [0.05, 0.1) is 0 Å². The van der Waals surface area contributed by atoms with Gasteiger partial charge in [-0.3, -0.25) is 0 Å². The Kier molecular flexibility index (Phi) is 5.46. The first-order valence-electron chi connectivity index (χ1n) is 7.28. The summed E-state index contributed by atoms with van der Waals surface area (Å²) in [6, 6.07) is 0. The molecule has 0 aromatic carbocycles. The molecule has 0 spiro atoms. The maximum atomic E-state index is 10.7. The van der Waals surface area contributed by atoms with Crippen molar-refractivity contribution in [2.75, 3.05) is 12.3 Å². The molecule has 2 aromatic rings. The van der Waals surface area contributed by atoms with E-state index in [0.29, 0.717) is 0 Å². The molecule has 0 amide bonds. The Hall–Kier alpha value is -1.35. The second kappa shape index (κ2) is 7.24. The normalized spacial score (nSPS) is 27.3. The van der Waals surface area contributed by atoms with Crippen molar-refractivity contribution < 1.29 is 47.9 Å². The topological polar surface area (TPSA) is 236 Å². The van der Waals surface area contributed by atoms with E-state index >= 15 is 0 Å². The molecular formula is C10H17N5O10P2. The predicted octanol–water partition coefficient (Wildman–Crippen LogP) is -2.45. The van der Waals surface area contributed by atoms with Gasteiger partial charge >= 0.3 is 150 Å². The van der Waals surface area contributed by atoms with E-state index in [1.807, 2.05) is 0 Å². The van der Waals surface area contributed by atoms with E-state index in [0.717, 1.165) is 0 Å². The van der Waals surface area contributed by atoms with Crippen LogP contribution in [0.25, 0.3) is 11.2 Å². The van der Waals surface area contributed by atoms with Crippen LogP contribution >= 0.6 is 16.0 Å². The fourth-order valence-corrected chi connectivity index (χ4v) is 4.36. The minimum atomic E-state index is -5.21. The number of ether oxygens (including phenoxy) is 1. The molecule has 2 aromatic heterocycles. The fourth-order valence-electron chi connectivity index (χ4n) is 2.52. The Morgan fingerprint density at radius 2 is 1.96 bits per heavy atom. The van der Waals surface area contributed by atoms with Gasteiger partial charge in [0.15, 0.2) is 0 Å². The van der Waals surface area contributed by atoms with Gasteiger partial charge in [-0.25, -0.2) is 0 Å². The van der Waals surface area contributed by atoms with Crippen molar-refractivity contribution in [3.63, 3.8) is 0 Å². The van der Waals surface area contributed by atoms with Crippen molar-refractivity contribution >= 4 is 33.0 Å². The average Bonchev–Trinajstić information content (AvgIpc) is 3.07. The number of nitrogens with zero attached hydrogens (tertiary/aromatic N) is 4. The van der Waals surface area contributed by atoms with Gasteiger partial charge in [0.2, 0.25) is 0 Å². The van der Waals surface area contributed by atoms with Crippen LogP contribution in [0.1, 0.15) is 6.23 Å². The summed E-state index contributed by atoms with van der Waals surface area (Å²) >= 11 is 0. The number of hydrogen-bond donors (Lipinski definition) is 7. The first-order valence-corrected chi connectivity index (χ1v) is 10.5. The van der Waals surface area contributed by atoms with Gasteiger partial charge in [0, 0.05) is 0 Å². The van der Waals surface area contributed by atoms with E-state index < -0.39 is 47.1 Å². The number of nitrogen functional groups attached to an aromatic ring is 1. The Morgan fingerprint density at radius 1 is 1.26 bits per heavy atom. The molecule has 1 aliphatic heterocycles. The number of aliphatic hydroxyl groups is 2. The SMILES string of the molecule is Nc1ncnc2c1ncn2[C@@H]1O[C@H](CO[PH](O)(O)OP(=O)(O)O)C(O)C1O. The molecular weight excluding hydrogens is 412 g/mol. The quantitative estimate of drug-likeness (QED) is 0.236. The van der Waals surface area contributed by atoms with Crippen LogP contribution in [0.5, 0.6) is 0 Å². The number of hydrogen-bond acceptors (Lipinski definition) is 12. The molecule has 0 radical (unpaired) electrons. The number of rotatable bonds is 6. The summed E-state index contributed by atoms with van der Waals surface area (Å²) < 4.78 is 25.7. The van der Waals surface area contributed by atoms with Crippen molar-refractivity contribution in [1.82, 2.24) is 19.5 Å². The molecule has 4 atom stereocenters. The predicted molar refractivity (Wildman–Crippen MR) is 87.5 cm³/mol. The Morgan fingerprint density at radius 3 is 2.63 bits per heavy atom.